The normalized spacial score (nSPS) is 38.3. The summed E-state index contributed by atoms with van der Waals surface area (Å²) in [5.41, 5.74) is 1.25. The lowest BCUT2D eigenvalue weighted by atomic mass is 9.48. The Labute approximate surface area is 157 Å². The predicted molar refractivity (Wildman–Crippen MR) is 101 cm³/mol. The second-order valence-corrected chi connectivity index (χ2v) is 11.2. The Morgan fingerprint density at radius 3 is 2.71 bits per heavy atom. The van der Waals surface area contributed by atoms with E-state index in [-0.39, 0.29) is 17.4 Å². The molecule has 1 aromatic rings. The number of carbonyl (C=O) groups is 1. The molecule has 3 nitrogen and oxygen atoms in total. The SMILES string of the molecule is CCc1nc([C@@H](C)NC(=O)CC23C[C@H]4C[C@@H](CC(Br)(C4)C2)C3)cs1. The van der Waals surface area contributed by atoms with Crippen LogP contribution >= 0.6 is 27.3 Å². The van der Waals surface area contributed by atoms with E-state index in [9.17, 15) is 4.79 Å². The van der Waals surface area contributed by atoms with Gasteiger partial charge in [-0.2, -0.15) is 0 Å². The van der Waals surface area contributed by atoms with Crippen molar-refractivity contribution in [3.8, 4) is 0 Å². The van der Waals surface area contributed by atoms with Crippen LogP contribution in [0.5, 0.6) is 0 Å². The fourth-order valence-electron chi connectivity index (χ4n) is 5.94. The van der Waals surface area contributed by atoms with Gasteiger partial charge in [0.1, 0.15) is 0 Å². The summed E-state index contributed by atoms with van der Waals surface area (Å²) in [4.78, 5) is 17.4. The third kappa shape index (κ3) is 3.18. The summed E-state index contributed by atoms with van der Waals surface area (Å²) in [7, 11) is 0. The van der Waals surface area contributed by atoms with Crippen molar-refractivity contribution in [2.75, 3.05) is 0 Å². The number of nitrogens with one attached hydrogen (secondary N) is 1. The largest absolute Gasteiger partial charge is 0.348 e. The molecule has 0 saturated heterocycles. The molecular formula is C19H27BrN2OS. The van der Waals surface area contributed by atoms with E-state index in [1.54, 1.807) is 11.3 Å². The van der Waals surface area contributed by atoms with Gasteiger partial charge >= 0.3 is 0 Å². The maximum Gasteiger partial charge on any atom is 0.221 e. The van der Waals surface area contributed by atoms with Gasteiger partial charge in [-0.3, -0.25) is 4.79 Å². The fraction of sp³-hybridized carbons (Fsp3) is 0.789. The monoisotopic (exact) mass is 410 g/mol. The molecular weight excluding hydrogens is 384 g/mol. The molecule has 0 unspecified atom stereocenters. The standard InChI is InChI=1S/C19H27BrN2OS/c1-3-17-22-15(10-24-17)12(2)21-16(23)9-18-5-13-4-14(6-18)8-19(20,7-13)11-18/h10,12-14H,3-9,11H2,1-2H3,(H,21,23)/t12-,13-,14-,18?,19?/m1/s1. The third-order valence-corrected chi connectivity index (χ3v) is 8.28. The molecule has 132 valence electrons. The number of hydrogen-bond donors (Lipinski definition) is 1. The highest BCUT2D eigenvalue weighted by Gasteiger charge is 2.57. The van der Waals surface area contributed by atoms with Crippen molar-refractivity contribution in [1.29, 1.82) is 0 Å². The van der Waals surface area contributed by atoms with Crippen LogP contribution in [0, 0.1) is 17.3 Å². The van der Waals surface area contributed by atoms with Crippen LogP contribution in [0.15, 0.2) is 5.38 Å². The van der Waals surface area contributed by atoms with Crippen LogP contribution in [-0.2, 0) is 11.2 Å². The van der Waals surface area contributed by atoms with Gasteiger partial charge < -0.3 is 5.32 Å². The van der Waals surface area contributed by atoms with Crippen LogP contribution in [0.1, 0.15) is 75.5 Å². The molecule has 0 radical (unpaired) electrons. The molecule has 1 aromatic heterocycles. The second-order valence-electron chi connectivity index (χ2n) is 8.60. The number of thiazole rings is 1. The zero-order valence-corrected chi connectivity index (χ0v) is 17.0. The minimum absolute atomic E-state index is 0.0147. The summed E-state index contributed by atoms with van der Waals surface area (Å²) >= 11 is 5.73. The van der Waals surface area contributed by atoms with Crippen molar-refractivity contribution in [2.45, 2.75) is 75.6 Å². The van der Waals surface area contributed by atoms with E-state index in [1.165, 1.54) is 38.5 Å². The maximum atomic E-state index is 12.7. The molecule has 4 aliphatic rings. The topological polar surface area (TPSA) is 42.0 Å². The van der Waals surface area contributed by atoms with Crippen molar-refractivity contribution >= 4 is 33.2 Å². The zero-order chi connectivity index (χ0) is 16.9. The first-order valence-corrected chi connectivity index (χ1v) is 11.0. The van der Waals surface area contributed by atoms with E-state index in [1.807, 2.05) is 0 Å². The van der Waals surface area contributed by atoms with Crippen LogP contribution in [-0.4, -0.2) is 15.2 Å². The number of rotatable bonds is 5. The van der Waals surface area contributed by atoms with Gasteiger partial charge in [0.05, 0.1) is 16.7 Å². The molecule has 1 heterocycles. The van der Waals surface area contributed by atoms with Crippen LogP contribution in [0.25, 0.3) is 0 Å². The van der Waals surface area contributed by atoms with Gasteiger partial charge in [-0.15, -0.1) is 11.3 Å². The highest BCUT2D eigenvalue weighted by atomic mass is 79.9. The molecule has 0 spiro atoms. The van der Waals surface area contributed by atoms with Gasteiger partial charge in [0.15, 0.2) is 0 Å². The summed E-state index contributed by atoms with van der Waals surface area (Å²) in [6.07, 6.45) is 9.40. The minimum Gasteiger partial charge on any atom is -0.348 e. The smallest absolute Gasteiger partial charge is 0.221 e. The number of amides is 1. The number of hydrogen-bond acceptors (Lipinski definition) is 3. The molecule has 4 bridgehead atoms. The molecule has 4 saturated carbocycles. The molecule has 3 atom stereocenters. The molecule has 4 aliphatic carbocycles. The molecule has 0 aliphatic heterocycles. The zero-order valence-electron chi connectivity index (χ0n) is 14.6. The first kappa shape index (κ1) is 17.0. The molecule has 0 aromatic carbocycles. The summed E-state index contributed by atoms with van der Waals surface area (Å²) in [5, 5.41) is 6.44. The highest BCUT2D eigenvalue weighted by Crippen LogP contribution is 2.65. The number of aromatic nitrogens is 1. The number of aryl methyl sites for hydroxylation is 1. The first-order chi connectivity index (χ1) is 11.4. The van der Waals surface area contributed by atoms with Crippen LogP contribution in [0.2, 0.25) is 0 Å². The molecule has 4 fully saturated rings. The molecule has 1 amide bonds. The van der Waals surface area contributed by atoms with Gasteiger partial charge in [-0.05, 0) is 69.1 Å². The predicted octanol–water partition coefficient (Wildman–Crippen LogP) is 5.01. The van der Waals surface area contributed by atoms with Crippen LogP contribution in [0.3, 0.4) is 0 Å². The highest BCUT2D eigenvalue weighted by molar-refractivity contribution is 9.10. The van der Waals surface area contributed by atoms with Gasteiger partial charge in [-0.1, -0.05) is 22.9 Å². The molecule has 24 heavy (non-hydrogen) atoms. The van der Waals surface area contributed by atoms with Gasteiger partial charge in [0.2, 0.25) is 5.91 Å². The number of halogens is 1. The Morgan fingerprint density at radius 2 is 2.12 bits per heavy atom. The number of carbonyl (C=O) groups excluding carboxylic acids is 1. The number of nitrogens with zero attached hydrogens (tertiary/aromatic N) is 1. The minimum atomic E-state index is 0.0147. The summed E-state index contributed by atoms with van der Waals surface area (Å²) in [5.74, 6) is 1.88. The van der Waals surface area contributed by atoms with E-state index in [4.69, 9.17) is 0 Å². The van der Waals surface area contributed by atoms with Crippen LogP contribution < -0.4 is 5.32 Å². The van der Waals surface area contributed by atoms with E-state index in [2.05, 4.69) is 45.5 Å². The Bertz CT molecular complexity index is 629. The Balaban J connectivity index is 1.41. The van der Waals surface area contributed by atoms with Crippen molar-refractivity contribution < 1.29 is 4.79 Å². The third-order valence-electron chi connectivity index (χ3n) is 6.34. The Hall–Kier alpha value is -0.420. The summed E-state index contributed by atoms with van der Waals surface area (Å²) < 4.78 is 0.327. The second kappa shape index (κ2) is 6.08. The molecule has 5 heteroatoms. The van der Waals surface area contributed by atoms with E-state index < -0.39 is 0 Å². The molecule has 5 rings (SSSR count). The van der Waals surface area contributed by atoms with Gasteiger partial charge in [0, 0.05) is 16.1 Å². The lowest BCUT2D eigenvalue weighted by molar-refractivity contribution is -0.128. The Kier molecular flexibility index (Phi) is 4.31. The van der Waals surface area contributed by atoms with Crippen molar-refractivity contribution in [1.82, 2.24) is 10.3 Å². The van der Waals surface area contributed by atoms with E-state index in [0.717, 1.165) is 29.0 Å². The lowest BCUT2D eigenvalue weighted by Crippen LogP contribution is -2.54. The quantitative estimate of drug-likeness (QED) is 0.693. The van der Waals surface area contributed by atoms with E-state index >= 15 is 0 Å². The van der Waals surface area contributed by atoms with Gasteiger partial charge in [0.25, 0.3) is 0 Å². The average Bonchev–Trinajstić information content (AvgIpc) is 2.92. The number of alkyl halides is 1. The lowest BCUT2D eigenvalue weighted by Gasteiger charge is -2.60. The van der Waals surface area contributed by atoms with Crippen molar-refractivity contribution in [2.24, 2.45) is 17.3 Å². The van der Waals surface area contributed by atoms with Crippen LogP contribution in [0.4, 0.5) is 0 Å². The average molecular weight is 411 g/mol. The first-order valence-electron chi connectivity index (χ1n) is 9.31. The van der Waals surface area contributed by atoms with E-state index in [0.29, 0.717) is 10.7 Å². The molecule has 1 N–H and O–H groups in total. The summed E-state index contributed by atoms with van der Waals surface area (Å²) in [6, 6.07) is 0.0147. The van der Waals surface area contributed by atoms with Gasteiger partial charge in [-0.25, -0.2) is 4.98 Å². The summed E-state index contributed by atoms with van der Waals surface area (Å²) in [6.45, 7) is 4.17. The fourth-order valence-corrected chi connectivity index (χ4v) is 8.29. The Morgan fingerprint density at radius 1 is 1.42 bits per heavy atom. The van der Waals surface area contributed by atoms with Crippen molar-refractivity contribution in [3.63, 3.8) is 0 Å². The van der Waals surface area contributed by atoms with Crippen molar-refractivity contribution in [3.05, 3.63) is 16.1 Å². The maximum absolute atomic E-state index is 12.7.